The lowest BCUT2D eigenvalue weighted by molar-refractivity contribution is -0.119. The molecule has 1 aromatic heterocycles. The van der Waals surface area contributed by atoms with Gasteiger partial charge < -0.3 is 10.4 Å². The van der Waals surface area contributed by atoms with Crippen LogP contribution in [0.5, 0.6) is 0 Å². The zero-order valence-electron chi connectivity index (χ0n) is 9.89. The molecule has 0 saturated heterocycles. The predicted molar refractivity (Wildman–Crippen MR) is 77.2 cm³/mol. The van der Waals surface area contributed by atoms with Gasteiger partial charge in [0.05, 0.1) is 16.2 Å². The molecule has 1 aliphatic rings. The number of rotatable bonds is 6. The fourth-order valence-electron chi connectivity index (χ4n) is 1.85. The number of aliphatic hydroxyl groups is 1. The number of carbonyl (C=O) groups is 1. The van der Waals surface area contributed by atoms with Crippen molar-refractivity contribution >= 4 is 40.6 Å². The van der Waals surface area contributed by atoms with Gasteiger partial charge in [0.15, 0.2) is 0 Å². The largest absolute Gasteiger partial charge is 0.393 e. The fraction of sp³-hybridized carbons (Fsp3) is 0.583. The average Bonchev–Trinajstić information content (AvgIpc) is 2.69. The lowest BCUT2D eigenvalue weighted by atomic mass is 9.82. The standard InChI is InChI=1S/C12H16ClNO2S2/c13-11-2-1-10(18-11)6-17-7-12(16)14-5-8-3-9(15)4-8/h1-2,8-9,15H,3-7H2,(H,14,16). The molecular weight excluding hydrogens is 290 g/mol. The minimum absolute atomic E-state index is 0.0732. The van der Waals surface area contributed by atoms with Crippen LogP contribution in [0, 0.1) is 5.92 Å². The first-order valence-electron chi connectivity index (χ1n) is 5.90. The molecule has 1 saturated carbocycles. The highest BCUT2D eigenvalue weighted by atomic mass is 35.5. The molecule has 1 amide bonds. The van der Waals surface area contributed by atoms with Crippen molar-refractivity contribution in [1.82, 2.24) is 5.32 Å². The van der Waals surface area contributed by atoms with E-state index in [1.165, 1.54) is 4.88 Å². The Labute approximate surface area is 120 Å². The molecule has 1 aliphatic carbocycles. The van der Waals surface area contributed by atoms with Crippen LogP contribution in [0.3, 0.4) is 0 Å². The molecule has 0 spiro atoms. The molecule has 0 unspecified atom stereocenters. The molecular formula is C12H16ClNO2S2. The number of amides is 1. The molecule has 2 N–H and O–H groups in total. The molecule has 0 aliphatic heterocycles. The van der Waals surface area contributed by atoms with Gasteiger partial charge in [-0.2, -0.15) is 0 Å². The molecule has 1 aromatic rings. The third-order valence-corrected chi connectivity index (χ3v) is 5.30. The van der Waals surface area contributed by atoms with E-state index in [-0.39, 0.29) is 12.0 Å². The van der Waals surface area contributed by atoms with Crippen molar-refractivity contribution in [3.8, 4) is 0 Å². The molecule has 0 radical (unpaired) electrons. The van der Waals surface area contributed by atoms with Crippen molar-refractivity contribution in [1.29, 1.82) is 0 Å². The third-order valence-electron chi connectivity index (χ3n) is 2.91. The molecule has 3 nitrogen and oxygen atoms in total. The van der Waals surface area contributed by atoms with Gasteiger partial charge in [-0.05, 0) is 30.9 Å². The Morgan fingerprint density at radius 1 is 1.56 bits per heavy atom. The first kappa shape index (κ1) is 14.2. The lowest BCUT2D eigenvalue weighted by Crippen LogP contribution is -2.38. The van der Waals surface area contributed by atoms with Crippen LogP contribution >= 0.6 is 34.7 Å². The van der Waals surface area contributed by atoms with E-state index in [1.54, 1.807) is 23.1 Å². The number of halogens is 1. The van der Waals surface area contributed by atoms with Gasteiger partial charge in [0.25, 0.3) is 0 Å². The number of nitrogens with one attached hydrogen (secondary N) is 1. The van der Waals surface area contributed by atoms with Crippen LogP contribution in [-0.4, -0.2) is 29.4 Å². The van der Waals surface area contributed by atoms with E-state index in [9.17, 15) is 4.79 Å². The van der Waals surface area contributed by atoms with Crippen LogP contribution in [0.2, 0.25) is 4.34 Å². The fourth-order valence-corrected chi connectivity index (χ4v) is 3.91. The smallest absolute Gasteiger partial charge is 0.230 e. The van der Waals surface area contributed by atoms with Crippen LogP contribution in [0.15, 0.2) is 12.1 Å². The van der Waals surface area contributed by atoms with Crippen molar-refractivity contribution < 1.29 is 9.90 Å². The summed E-state index contributed by atoms with van der Waals surface area (Å²) in [4.78, 5) is 12.7. The van der Waals surface area contributed by atoms with E-state index >= 15 is 0 Å². The number of hydrogen-bond donors (Lipinski definition) is 2. The molecule has 6 heteroatoms. The number of thioether (sulfide) groups is 1. The number of thiophene rings is 1. The molecule has 2 rings (SSSR count). The summed E-state index contributed by atoms with van der Waals surface area (Å²) in [7, 11) is 0. The predicted octanol–water partition coefficient (Wildman–Crippen LogP) is 2.52. The van der Waals surface area contributed by atoms with E-state index in [1.807, 2.05) is 12.1 Å². The van der Waals surface area contributed by atoms with Gasteiger partial charge in [0.1, 0.15) is 0 Å². The minimum Gasteiger partial charge on any atom is -0.393 e. The minimum atomic E-state index is -0.148. The Hall–Kier alpha value is -0.230. The Bertz CT molecular complexity index is 405. The van der Waals surface area contributed by atoms with Crippen molar-refractivity contribution in [3.05, 3.63) is 21.3 Å². The van der Waals surface area contributed by atoms with E-state index in [2.05, 4.69) is 5.32 Å². The highest BCUT2D eigenvalue weighted by Crippen LogP contribution is 2.26. The van der Waals surface area contributed by atoms with E-state index in [0.717, 1.165) is 22.9 Å². The summed E-state index contributed by atoms with van der Waals surface area (Å²) >= 11 is 8.98. The summed E-state index contributed by atoms with van der Waals surface area (Å²) in [5.74, 6) is 1.84. The summed E-state index contributed by atoms with van der Waals surface area (Å²) in [6, 6.07) is 3.87. The van der Waals surface area contributed by atoms with Gasteiger partial charge in [-0.15, -0.1) is 23.1 Å². The van der Waals surface area contributed by atoms with E-state index < -0.39 is 0 Å². The number of hydrogen-bond acceptors (Lipinski definition) is 4. The number of carbonyl (C=O) groups excluding carboxylic acids is 1. The van der Waals surface area contributed by atoms with Gasteiger partial charge in [0.2, 0.25) is 5.91 Å². The summed E-state index contributed by atoms with van der Waals surface area (Å²) < 4.78 is 0.790. The second kappa shape index (κ2) is 6.80. The SMILES string of the molecule is O=C(CSCc1ccc(Cl)s1)NCC1CC(O)C1. The third kappa shape index (κ3) is 4.46. The van der Waals surface area contributed by atoms with Gasteiger partial charge in [-0.1, -0.05) is 11.6 Å². The Balaban J connectivity index is 1.54. The van der Waals surface area contributed by atoms with Crippen LogP contribution in [0.25, 0.3) is 0 Å². The van der Waals surface area contributed by atoms with Crippen molar-refractivity contribution in [2.75, 3.05) is 12.3 Å². The van der Waals surface area contributed by atoms with Crippen molar-refractivity contribution in [3.63, 3.8) is 0 Å². The lowest BCUT2D eigenvalue weighted by Gasteiger charge is -2.31. The average molecular weight is 306 g/mol. The summed E-state index contributed by atoms with van der Waals surface area (Å²) in [6.45, 7) is 0.696. The molecule has 1 fully saturated rings. The van der Waals surface area contributed by atoms with Crippen LogP contribution in [-0.2, 0) is 10.5 Å². The quantitative estimate of drug-likeness (QED) is 0.849. The van der Waals surface area contributed by atoms with Gasteiger partial charge in [0, 0.05) is 17.2 Å². The normalized spacial score (nSPS) is 22.6. The van der Waals surface area contributed by atoms with Gasteiger partial charge in [-0.25, -0.2) is 0 Å². The van der Waals surface area contributed by atoms with Crippen LogP contribution in [0.1, 0.15) is 17.7 Å². The summed E-state index contributed by atoms with van der Waals surface area (Å²) in [5, 5.41) is 12.0. The summed E-state index contributed by atoms with van der Waals surface area (Å²) in [5.41, 5.74) is 0. The topological polar surface area (TPSA) is 49.3 Å². The van der Waals surface area contributed by atoms with Gasteiger partial charge in [-0.3, -0.25) is 4.79 Å². The number of aliphatic hydroxyl groups excluding tert-OH is 1. The zero-order valence-corrected chi connectivity index (χ0v) is 12.3. The second-order valence-corrected chi connectivity index (χ2v) is 7.28. The first-order chi connectivity index (χ1) is 8.63. The highest BCUT2D eigenvalue weighted by Gasteiger charge is 2.26. The maximum Gasteiger partial charge on any atom is 0.230 e. The van der Waals surface area contributed by atoms with Crippen molar-refractivity contribution in [2.24, 2.45) is 5.92 Å². The van der Waals surface area contributed by atoms with E-state index in [4.69, 9.17) is 16.7 Å². The molecule has 0 aromatic carbocycles. The molecule has 0 bridgehead atoms. The molecule has 0 atom stereocenters. The zero-order chi connectivity index (χ0) is 13.0. The molecule has 100 valence electrons. The van der Waals surface area contributed by atoms with Crippen LogP contribution in [0.4, 0.5) is 0 Å². The first-order valence-corrected chi connectivity index (χ1v) is 8.25. The molecule has 18 heavy (non-hydrogen) atoms. The second-order valence-electron chi connectivity index (χ2n) is 4.49. The van der Waals surface area contributed by atoms with Crippen LogP contribution < -0.4 is 5.32 Å². The highest BCUT2D eigenvalue weighted by molar-refractivity contribution is 7.99. The maximum atomic E-state index is 11.5. The van der Waals surface area contributed by atoms with Gasteiger partial charge >= 0.3 is 0 Å². The molecule has 1 heterocycles. The van der Waals surface area contributed by atoms with Crippen molar-refractivity contribution in [2.45, 2.75) is 24.7 Å². The summed E-state index contributed by atoms with van der Waals surface area (Å²) in [6.07, 6.45) is 1.49. The Kier molecular flexibility index (Phi) is 5.36. The monoisotopic (exact) mass is 305 g/mol. The Morgan fingerprint density at radius 2 is 2.33 bits per heavy atom. The maximum absolute atomic E-state index is 11.5. The van der Waals surface area contributed by atoms with E-state index in [0.29, 0.717) is 18.2 Å². The Morgan fingerprint density at radius 3 is 2.94 bits per heavy atom.